The molecule has 1 aliphatic heterocycles. The Morgan fingerprint density at radius 3 is 2.36 bits per heavy atom. The van der Waals surface area contributed by atoms with Gasteiger partial charge in [0.1, 0.15) is 0 Å². The standard InChI is InChI=1S/C42H34N2/c1-3-13-29(14-4-1)30-15-11-18-33(27-30)44-40-24-10-7-19-35(40)37-22-12-21-34(42(37)44)31-25-26-41-38(28-31)36-20-8-9-23-39(36)43(41)32-16-5-2-6-17-32/h1-6,8-13,15-18,20-29,35,40H,7,14,19H2. The third-order valence-corrected chi connectivity index (χ3v) is 9.95. The van der Waals surface area contributed by atoms with Crippen molar-refractivity contribution in [2.75, 3.05) is 4.90 Å². The maximum Gasteiger partial charge on any atom is 0.0592 e. The van der Waals surface area contributed by atoms with Crippen LogP contribution in [0.1, 0.15) is 42.2 Å². The first-order valence-corrected chi connectivity index (χ1v) is 16.0. The zero-order valence-corrected chi connectivity index (χ0v) is 24.7. The molecule has 0 fully saturated rings. The van der Waals surface area contributed by atoms with Gasteiger partial charge in [0.15, 0.2) is 0 Å². The van der Waals surface area contributed by atoms with Crippen LogP contribution >= 0.6 is 0 Å². The Morgan fingerprint density at radius 1 is 0.614 bits per heavy atom. The third kappa shape index (κ3) is 3.94. The Bertz CT molecular complexity index is 2130. The summed E-state index contributed by atoms with van der Waals surface area (Å²) in [4.78, 5) is 2.65. The normalized spacial score (nSPS) is 20.4. The van der Waals surface area contributed by atoms with E-state index in [9.17, 15) is 0 Å². The number of rotatable bonds is 4. The number of benzene rings is 5. The number of hydrogen-bond donors (Lipinski definition) is 0. The largest absolute Gasteiger partial charge is 0.333 e. The summed E-state index contributed by atoms with van der Waals surface area (Å²) in [5.41, 5.74) is 11.8. The molecule has 0 saturated heterocycles. The molecule has 0 bridgehead atoms. The molecule has 3 unspecified atom stereocenters. The maximum atomic E-state index is 2.65. The van der Waals surface area contributed by atoms with E-state index in [1.165, 1.54) is 67.5 Å². The highest BCUT2D eigenvalue weighted by Crippen LogP contribution is 2.53. The summed E-state index contributed by atoms with van der Waals surface area (Å²) in [6.07, 6.45) is 17.2. The van der Waals surface area contributed by atoms with Crippen molar-refractivity contribution in [2.45, 2.75) is 37.1 Å². The zero-order valence-electron chi connectivity index (χ0n) is 24.7. The molecule has 0 saturated carbocycles. The van der Waals surface area contributed by atoms with Crippen LogP contribution in [0, 0.1) is 0 Å². The van der Waals surface area contributed by atoms with E-state index in [4.69, 9.17) is 0 Å². The zero-order chi connectivity index (χ0) is 29.0. The van der Waals surface area contributed by atoms with Gasteiger partial charge < -0.3 is 9.47 Å². The van der Waals surface area contributed by atoms with Gasteiger partial charge in [-0.3, -0.25) is 0 Å². The smallest absolute Gasteiger partial charge is 0.0592 e. The van der Waals surface area contributed by atoms with E-state index in [2.05, 4.69) is 161 Å². The number of nitrogens with zero attached hydrogens (tertiary/aromatic N) is 2. The molecule has 5 aromatic carbocycles. The second-order valence-corrected chi connectivity index (χ2v) is 12.4. The second-order valence-electron chi connectivity index (χ2n) is 12.4. The topological polar surface area (TPSA) is 8.17 Å². The van der Waals surface area contributed by atoms with Crippen LogP contribution in [0.5, 0.6) is 0 Å². The molecule has 44 heavy (non-hydrogen) atoms. The van der Waals surface area contributed by atoms with Gasteiger partial charge in [-0.25, -0.2) is 0 Å². The van der Waals surface area contributed by atoms with Gasteiger partial charge in [-0.2, -0.15) is 0 Å². The molecule has 0 N–H and O–H groups in total. The molecule has 212 valence electrons. The summed E-state index contributed by atoms with van der Waals surface area (Å²) in [5.74, 6) is 0.930. The Labute approximate surface area is 258 Å². The first kappa shape index (κ1) is 25.4. The Morgan fingerprint density at radius 2 is 1.45 bits per heavy atom. The van der Waals surface area contributed by atoms with E-state index in [1.807, 2.05) is 0 Å². The summed E-state index contributed by atoms with van der Waals surface area (Å²) in [7, 11) is 0. The lowest BCUT2D eigenvalue weighted by atomic mass is 9.86. The number of para-hydroxylation sites is 3. The summed E-state index contributed by atoms with van der Waals surface area (Å²) in [6, 6.07) is 43.3. The maximum absolute atomic E-state index is 2.65. The van der Waals surface area contributed by atoms with Crippen molar-refractivity contribution in [3.8, 4) is 16.8 Å². The van der Waals surface area contributed by atoms with Gasteiger partial charge in [-0.1, -0.05) is 109 Å². The predicted octanol–water partition coefficient (Wildman–Crippen LogP) is 11.0. The minimum atomic E-state index is 0.334. The van der Waals surface area contributed by atoms with Crippen molar-refractivity contribution < 1.29 is 0 Å². The first-order valence-electron chi connectivity index (χ1n) is 16.0. The molecule has 2 nitrogen and oxygen atoms in total. The van der Waals surface area contributed by atoms with Crippen LogP contribution in [0.3, 0.4) is 0 Å². The van der Waals surface area contributed by atoms with Crippen LogP contribution in [0.25, 0.3) is 38.6 Å². The minimum Gasteiger partial charge on any atom is -0.333 e. The molecule has 2 heterocycles. The van der Waals surface area contributed by atoms with Gasteiger partial charge in [-0.15, -0.1) is 0 Å². The van der Waals surface area contributed by atoms with Gasteiger partial charge in [0, 0.05) is 39.5 Å². The number of anilines is 2. The lowest BCUT2D eigenvalue weighted by Crippen LogP contribution is -2.30. The van der Waals surface area contributed by atoms with Crippen molar-refractivity contribution in [1.29, 1.82) is 0 Å². The van der Waals surface area contributed by atoms with Crippen LogP contribution in [-0.2, 0) is 0 Å². The molecule has 3 atom stereocenters. The van der Waals surface area contributed by atoms with Crippen LogP contribution in [0.15, 0.2) is 152 Å². The van der Waals surface area contributed by atoms with E-state index in [-0.39, 0.29) is 0 Å². The Balaban J connectivity index is 1.23. The first-order chi connectivity index (χ1) is 21.8. The average molecular weight is 567 g/mol. The van der Waals surface area contributed by atoms with Crippen molar-refractivity contribution in [3.05, 3.63) is 163 Å². The fraction of sp³-hybridized carbons (Fsp3) is 0.143. The molecular formula is C42H34N2. The Hall–Kier alpha value is -5.08. The van der Waals surface area contributed by atoms with Crippen molar-refractivity contribution >= 4 is 33.2 Å². The van der Waals surface area contributed by atoms with E-state index in [0.717, 1.165) is 12.8 Å². The van der Waals surface area contributed by atoms with Crippen LogP contribution in [0.2, 0.25) is 0 Å². The molecule has 1 aromatic heterocycles. The van der Waals surface area contributed by atoms with E-state index >= 15 is 0 Å². The summed E-state index contributed by atoms with van der Waals surface area (Å²) >= 11 is 0. The molecule has 0 radical (unpaired) electrons. The van der Waals surface area contributed by atoms with Crippen LogP contribution in [-0.4, -0.2) is 10.6 Å². The monoisotopic (exact) mass is 566 g/mol. The van der Waals surface area contributed by atoms with E-state index in [1.54, 1.807) is 0 Å². The summed E-state index contributed by atoms with van der Waals surface area (Å²) in [5, 5.41) is 2.58. The van der Waals surface area contributed by atoms with Gasteiger partial charge in [0.05, 0.1) is 22.8 Å². The Kier molecular flexibility index (Phi) is 5.94. The van der Waals surface area contributed by atoms with Gasteiger partial charge in [-0.05, 0) is 78.4 Å². The quantitative estimate of drug-likeness (QED) is 0.193. The highest BCUT2D eigenvalue weighted by atomic mass is 15.2. The fourth-order valence-corrected chi connectivity index (χ4v) is 7.96. The predicted molar refractivity (Wildman–Crippen MR) is 185 cm³/mol. The van der Waals surface area contributed by atoms with Crippen molar-refractivity contribution in [1.82, 2.24) is 4.57 Å². The molecule has 2 aliphatic carbocycles. The average Bonchev–Trinajstić information content (AvgIpc) is 3.62. The number of aromatic nitrogens is 1. The van der Waals surface area contributed by atoms with Crippen molar-refractivity contribution in [2.24, 2.45) is 0 Å². The fourth-order valence-electron chi connectivity index (χ4n) is 7.96. The second kappa shape index (κ2) is 10.3. The van der Waals surface area contributed by atoms with E-state index < -0.39 is 0 Å². The summed E-state index contributed by atoms with van der Waals surface area (Å²) in [6.45, 7) is 0. The highest BCUT2D eigenvalue weighted by molar-refractivity contribution is 6.11. The van der Waals surface area contributed by atoms with E-state index in [0.29, 0.717) is 17.9 Å². The molecule has 0 spiro atoms. The van der Waals surface area contributed by atoms with Gasteiger partial charge in [0.2, 0.25) is 0 Å². The van der Waals surface area contributed by atoms with Crippen molar-refractivity contribution in [3.63, 3.8) is 0 Å². The number of hydrogen-bond acceptors (Lipinski definition) is 1. The number of allylic oxidation sites excluding steroid dienone is 5. The third-order valence-electron chi connectivity index (χ3n) is 9.95. The molecular weight excluding hydrogens is 532 g/mol. The lowest BCUT2D eigenvalue weighted by Gasteiger charge is -2.32. The molecule has 2 heteroatoms. The lowest BCUT2D eigenvalue weighted by molar-refractivity contribution is 0.573. The van der Waals surface area contributed by atoms with Gasteiger partial charge >= 0.3 is 0 Å². The number of fused-ring (bicyclic) bond motifs is 6. The minimum absolute atomic E-state index is 0.334. The SMILES string of the molecule is C1=CCC(c2cccc(N3c4c(-c5ccc6c(c5)c5ccccc5n6-c5ccccc5)cccc4C4CCC=CC43)c2)C=C1. The molecule has 6 aromatic rings. The van der Waals surface area contributed by atoms with Crippen LogP contribution < -0.4 is 4.90 Å². The molecule has 3 aliphatic rings. The van der Waals surface area contributed by atoms with Gasteiger partial charge in [0.25, 0.3) is 0 Å². The summed E-state index contributed by atoms with van der Waals surface area (Å²) < 4.78 is 2.40. The van der Waals surface area contributed by atoms with Crippen LogP contribution in [0.4, 0.5) is 11.4 Å². The molecule has 9 rings (SSSR count). The highest BCUT2D eigenvalue weighted by Gasteiger charge is 2.40. The molecule has 0 amide bonds.